The largest absolute Gasteiger partial charge is 0.332 e. The number of carbonyl (C=O) groups is 2. The van der Waals surface area contributed by atoms with E-state index in [4.69, 9.17) is 0 Å². The molecule has 23 heavy (non-hydrogen) atoms. The standard InChI is InChI=1S/C16H16Br2N2O2S/c1-10-8-11(17)4-5-12(10)20(3)15(21)9-19(2)16(22)13-6-7-14(18)23-13/h4-8H,9H2,1-3H3. The van der Waals surface area contributed by atoms with Crippen LogP contribution in [-0.4, -0.2) is 37.4 Å². The van der Waals surface area contributed by atoms with Gasteiger partial charge < -0.3 is 9.80 Å². The maximum atomic E-state index is 12.4. The number of aryl methyl sites for hydroxylation is 1. The van der Waals surface area contributed by atoms with Crippen molar-refractivity contribution in [2.45, 2.75) is 6.92 Å². The van der Waals surface area contributed by atoms with E-state index in [0.29, 0.717) is 4.88 Å². The van der Waals surface area contributed by atoms with Crippen LogP contribution in [0.2, 0.25) is 0 Å². The Morgan fingerprint density at radius 2 is 1.83 bits per heavy atom. The third-order valence-electron chi connectivity index (χ3n) is 3.40. The summed E-state index contributed by atoms with van der Waals surface area (Å²) in [5.74, 6) is -0.295. The van der Waals surface area contributed by atoms with Crippen LogP contribution in [0.1, 0.15) is 15.2 Å². The molecule has 1 aromatic heterocycles. The fraction of sp³-hybridized carbons (Fsp3) is 0.250. The number of hydrogen-bond acceptors (Lipinski definition) is 3. The van der Waals surface area contributed by atoms with Crippen LogP contribution >= 0.6 is 43.2 Å². The van der Waals surface area contributed by atoms with Gasteiger partial charge in [0.1, 0.15) is 6.54 Å². The summed E-state index contributed by atoms with van der Waals surface area (Å²) < 4.78 is 1.86. The molecule has 0 unspecified atom stereocenters. The molecule has 1 aromatic carbocycles. The lowest BCUT2D eigenvalue weighted by Crippen LogP contribution is -2.39. The van der Waals surface area contributed by atoms with Crippen molar-refractivity contribution >= 4 is 60.7 Å². The molecule has 4 nitrogen and oxygen atoms in total. The van der Waals surface area contributed by atoms with Crippen LogP contribution in [0.25, 0.3) is 0 Å². The highest BCUT2D eigenvalue weighted by Crippen LogP contribution is 2.24. The van der Waals surface area contributed by atoms with Crippen molar-refractivity contribution in [3.05, 3.63) is 49.0 Å². The Bertz CT molecular complexity index is 745. The van der Waals surface area contributed by atoms with E-state index < -0.39 is 0 Å². The van der Waals surface area contributed by atoms with E-state index in [0.717, 1.165) is 19.5 Å². The average Bonchev–Trinajstić information content (AvgIpc) is 2.92. The van der Waals surface area contributed by atoms with Gasteiger partial charge in [0.2, 0.25) is 5.91 Å². The minimum atomic E-state index is -0.157. The summed E-state index contributed by atoms with van der Waals surface area (Å²) in [6, 6.07) is 9.31. The van der Waals surface area contributed by atoms with E-state index in [1.807, 2.05) is 31.2 Å². The predicted octanol–water partition coefficient (Wildman–Crippen LogP) is 4.32. The first kappa shape index (κ1) is 18.2. The highest BCUT2D eigenvalue weighted by Gasteiger charge is 2.20. The number of rotatable bonds is 4. The lowest BCUT2D eigenvalue weighted by molar-refractivity contribution is -0.118. The zero-order valence-electron chi connectivity index (χ0n) is 13.0. The van der Waals surface area contributed by atoms with E-state index in [-0.39, 0.29) is 18.4 Å². The summed E-state index contributed by atoms with van der Waals surface area (Å²) in [4.78, 5) is 28.4. The molecule has 7 heteroatoms. The molecule has 0 aliphatic rings. The summed E-state index contributed by atoms with van der Waals surface area (Å²) in [5.41, 5.74) is 1.82. The van der Waals surface area contributed by atoms with Crippen LogP contribution in [-0.2, 0) is 4.79 Å². The number of nitrogens with zero attached hydrogens (tertiary/aromatic N) is 2. The number of likely N-dealkylation sites (N-methyl/N-ethyl adjacent to an activating group) is 2. The van der Waals surface area contributed by atoms with Crippen molar-refractivity contribution in [1.82, 2.24) is 4.90 Å². The molecule has 2 rings (SSSR count). The molecule has 0 aliphatic carbocycles. The van der Waals surface area contributed by atoms with Gasteiger partial charge in [-0.3, -0.25) is 9.59 Å². The topological polar surface area (TPSA) is 40.6 Å². The van der Waals surface area contributed by atoms with E-state index >= 15 is 0 Å². The van der Waals surface area contributed by atoms with Crippen molar-refractivity contribution < 1.29 is 9.59 Å². The maximum Gasteiger partial charge on any atom is 0.264 e. The van der Waals surface area contributed by atoms with Crippen LogP contribution in [0, 0.1) is 6.92 Å². The van der Waals surface area contributed by atoms with Gasteiger partial charge in [-0.2, -0.15) is 0 Å². The first-order chi connectivity index (χ1) is 10.8. The zero-order chi connectivity index (χ0) is 17.1. The van der Waals surface area contributed by atoms with Gasteiger partial charge in [0.05, 0.1) is 8.66 Å². The van der Waals surface area contributed by atoms with Gasteiger partial charge in [0.25, 0.3) is 5.91 Å². The molecular weight excluding hydrogens is 444 g/mol. The highest BCUT2D eigenvalue weighted by atomic mass is 79.9. The lowest BCUT2D eigenvalue weighted by Gasteiger charge is -2.23. The Morgan fingerprint density at radius 3 is 2.39 bits per heavy atom. The quantitative estimate of drug-likeness (QED) is 0.683. The van der Waals surface area contributed by atoms with E-state index in [1.165, 1.54) is 16.2 Å². The molecule has 2 aromatic rings. The Hall–Kier alpha value is -1.18. The predicted molar refractivity (Wildman–Crippen MR) is 101 cm³/mol. The van der Waals surface area contributed by atoms with Gasteiger partial charge in [-0.25, -0.2) is 0 Å². The van der Waals surface area contributed by atoms with E-state index in [2.05, 4.69) is 31.9 Å². The first-order valence-corrected chi connectivity index (χ1v) is 9.23. The summed E-state index contributed by atoms with van der Waals surface area (Å²) in [5, 5.41) is 0. The average molecular weight is 460 g/mol. The zero-order valence-corrected chi connectivity index (χ0v) is 17.0. The number of halogens is 2. The molecule has 122 valence electrons. The van der Waals surface area contributed by atoms with E-state index in [1.54, 1.807) is 25.1 Å². The second-order valence-corrected chi connectivity index (χ2v) is 8.53. The molecule has 1 heterocycles. The Labute approximate surface area is 156 Å². The smallest absolute Gasteiger partial charge is 0.264 e. The van der Waals surface area contributed by atoms with Crippen molar-refractivity contribution in [2.24, 2.45) is 0 Å². The fourth-order valence-corrected chi connectivity index (χ4v) is 3.98. The third-order valence-corrected chi connectivity index (χ3v) is 5.50. The number of anilines is 1. The maximum absolute atomic E-state index is 12.4. The van der Waals surface area contributed by atoms with Crippen LogP contribution in [0.4, 0.5) is 5.69 Å². The van der Waals surface area contributed by atoms with Crippen molar-refractivity contribution in [3.63, 3.8) is 0 Å². The van der Waals surface area contributed by atoms with Crippen LogP contribution in [0.3, 0.4) is 0 Å². The van der Waals surface area contributed by atoms with Gasteiger partial charge in [-0.05, 0) is 58.7 Å². The van der Waals surface area contributed by atoms with Crippen LogP contribution < -0.4 is 4.90 Å². The first-order valence-electron chi connectivity index (χ1n) is 6.83. The van der Waals surface area contributed by atoms with Gasteiger partial charge in [-0.15, -0.1) is 11.3 Å². The number of hydrogen-bond donors (Lipinski definition) is 0. The number of thiophene rings is 1. The van der Waals surface area contributed by atoms with Gasteiger partial charge in [-0.1, -0.05) is 15.9 Å². The second-order valence-electron chi connectivity index (χ2n) is 5.15. The number of amides is 2. The molecule has 0 saturated heterocycles. The monoisotopic (exact) mass is 458 g/mol. The summed E-state index contributed by atoms with van der Waals surface area (Å²) >= 11 is 8.10. The fourth-order valence-electron chi connectivity index (χ4n) is 2.13. The molecule has 0 atom stereocenters. The molecule has 0 aliphatic heterocycles. The molecule has 2 amide bonds. The summed E-state index contributed by atoms with van der Waals surface area (Å²) in [7, 11) is 3.36. The second kappa shape index (κ2) is 7.59. The van der Waals surface area contributed by atoms with Gasteiger partial charge >= 0.3 is 0 Å². The van der Waals surface area contributed by atoms with Gasteiger partial charge in [0.15, 0.2) is 0 Å². The lowest BCUT2D eigenvalue weighted by atomic mass is 10.2. The van der Waals surface area contributed by atoms with Crippen molar-refractivity contribution in [2.75, 3.05) is 25.5 Å². The van der Waals surface area contributed by atoms with Crippen LogP contribution in [0.5, 0.6) is 0 Å². The molecule has 0 spiro atoms. The van der Waals surface area contributed by atoms with Crippen LogP contribution in [0.15, 0.2) is 38.6 Å². The molecule has 0 saturated carbocycles. The minimum absolute atomic E-state index is 0.0281. The van der Waals surface area contributed by atoms with Crippen molar-refractivity contribution in [3.8, 4) is 0 Å². The van der Waals surface area contributed by atoms with Crippen molar-refractivity contribution in [1.29, 1.82) is 0 Å². The SMILES string of the molecule is Cc1cc(Br)ccc1N(C)C(=O)CN(C)C(=O)c1ccc(Br)s1. The normalized spacial score (nSPS) is 10.5. The molecule has 0 N–H and O–H groups in total. The summed E-state index contributed by atoms with van der Waals surface area (Å²) in [6.45, 7) is 1.97. The Kier molecular flexibility index (Phi) is 6.00. The van der Waals surface area contributed by atoms with E-state index in [9.17, 15) is 9.59 Å². The summed E-state index contributed by atoms with van der Waals surface area (Å²) in [6.07, 6.45) is 0. The third kappa shape index (κ3) is 4.43. The Balaban J connectivity index is 2.07. The minimum Gasteiger partial charge on any atom is -0.332 e. The van der Waals surface area contributed by atoms with Gasteiger partial charge in [0, 0.05) is 24.3 Å². The molecule has 0 fully saturated rings. The molecular formula is C16H16Br2N2O2S. The number of carbonyl (C=O) groups excluding carboxylic acids is 2. The highest BCUT2D eigenvalue weighted by molar-refractivity contribution is 9.11. The Morgan fingerprint density at radius 1 is 1.13 bits per heavy atom. The molecule has 0 radical (unpaired) electrons. The number of benzene rings is 1. The molecule has 0 bridgehead atoms.